The fourth-order valence-corrected chi connectivity index (χ4v) is 4.08. The van der Waals surface area contributed by atoms with Gasteiger partial charge in [0.15, 0.2) is 11.5 Å². The quantitative estimate of drug-likeness (QED) is 0.491. The Hall–Kier alpha value is -1.85. The van der Waals surface area contributed by atoms with Gasteiger partial charge >= 0.3 is 0 Å². The first kappa shape index (κ1) is 18.0. The summed E-state index contributed by atoms with van der Waals surface area (Å²) in [5.41, 5.74) is 4.65. The van der Waals surface area contributed by atoms with E-state index in [-0.39, 0.29) is 0 Å². The van der Waals surface area contributed by atoms with Gasteiger partial charge in [0.05, 0.1) is 28.4 Å². The molecule has 0 bridgehead atoms. The van der Waals surface area contributed by atoms with E-state index < -0.39 is 0 Å². The molecule has 0 spiro atoms. The van der Waals surface area contributed by atoms with Gasteiger partial charge in [0.25, 0.3) is 0 Å². The van der Waals surface area contributed by atoms with Crippen molar-refractivity contribution in [1.29, 1.82) is 0 Å². The zero-order valence-corrected chi connectivity index (χ0v) is 17.1. The maximum atomic E-state index is 5.63. The minimum atomic E-state index is 0.592. The van der Waals surface area contributed by atoms with Gasteiger partial charge in [-0.15, -0.1) is 11.3 Å². The van der Waals surface area contributed by atoms with Crippen molar-refractivity contribution in [3.63, 3.8) is 0 Å². The Labute approximate surface area is 160 Å². The van der Waals surface area contributed by atoms with E-state index in [1.807, 2.05) is 31.2 Å². The van der Waals surface area contributed by atoms with Crippen LogP contribution in [0, 0.1) is 13.8 Å². The van der Waals surface area contributed by atoms with E-state index in [1.54, 1.807) is 18.4 Å². The number of rotatable bonds is 5. The Balaban J connectivity index is 1.92. The summed E-state index contributed by atoms with van der Waals surface area (Å²) < 4.78 is 13.2. The molecule has 0 aliphatic heterocycles. The maximum absolute atomic E-state index is 5.63. The molecule has 0 saturated heterocycles. The van der Waals surface area contributed by atoms with E-state index in [2.05, 4.69) is 41.9 Å². The fourth-order valence-electron chi connectivity index (χ4n) is 2.56. The molecule has 0 fully saturated rings. The summed E-state index contributed by atoms with van der Waals surface area (Å²) in [5, 5.41) is 0.990. The topological polar surface area (TPSA) is 31.4 Å². The lowest BCUT2D eigenvalue weighted by atomic mass is 10.1. The second kappa shape index (κ2) is 7.58. The average Bonchev–Trinajstić information content (AvgIpc) is 2.97. The van der Waals surface area contributed by atoms with E-state index in [0.717, 1.165) is 26.3 Å². The molecular weight excluding hydrogens is 398 g/mol. The van der Waals surface area contributed by atoms with Crippen molar-refractivity contribution in [2.24, 2.45) is 0 Å². The second-order valence-electron chi connectivity index (χ2n) is 5.76. The molecule has 0 saturated carbocycles. The SMILES string of the molecule is CCOc1c(Br)cc(C=Cc2nc3cc(C)c(C)cc3s2)cc1OC. The normalized spacial score (nSPS) is 11.4. The molecule has 130 valence electrons. The number of aryl methyl sites for hydroxylation is 2. The summed E-state index contributed by atoms with van der Waals surface area (Å²) in [6, 6.07) is 8.34. The molecule has 1 heterocycles. The van der Waals surface area contributed by atoms with E-state index in [0.29, 0.717) is 12.4 Å². The van der Waals surface area contributed by atoms with Crippen molar-refractivity contribution in [2.45, 2.75) is 20.8 Å². The fraction of sp³-hybridized carbons (Fsp3) is 0.250. The lowest BCUT2D eigenvalue weighted by molar-refractivity contribution is 0.309. The number of benzene rings is 2. The molecule has 0 radical (unpaired) electrons. The van der Waals surface area contributed by atoms with Crippen LogP contribution in [0.5, 0.6) is 11.5 Å². The Morgan fingerprint density at radius 2 is 1.88 bits per heavy atom. The monoisotopic (exact) mass is 417 g/mol. The molecule has 1 aromatic heterocycles. The number of hydrogen-bond acceptors (Lipinski definition) is 4. The average molecular weight is 418 g/mol. The number of hydrogen-bond donors (Lipinski definition) is 0. The summed E-state index contributed by atoms with van der Waals surface area (Å²) >= 11 is 5.26. The third-order valence-electron chi connectivity index (χ3n) is 3.98. The molecule has 3 nitrogen and oxygen atoms in total. The van der Waals surface area contributed by atoms with Gasteiger partial charge in [0, 0.05) is 0 Å². The Kier molecular flexibility index (Phi) is 5.45. The van der Waals surface area contributed by atoms with Crippen LogP contribution >= 0.6 is 27.3 Å². The van der Waals surface area contributed by atoms with Crippen LogP contribution in [0.3, 0.4) is 0 Å². The van der Waals surface area contributed by atoms with Crippen LogP contribution in [0.4, 0.5) is 0 Å². The molecule has 0 aliphatic carbocycles. The standard InChI is InChI=1S/C20H20BrNO2S/c1-5-24-20-15(21)10-14(11-17(20)23-4)6-7-19-22-16-8-12(2)13(3)9-18(16)25-19/h6-11H,5H2,1-4H3. The van der Waals surface area contributed by atoms with Crippen LogP contribution < -0.4 is 9.47 Å². The summed E-state index contributed by atoms with van der Waals surface area (Å²) in [6.45, 7) is 6.80. The largest absolute Gasteiger partial charge is 0.493 e. The lowest BCUT2D eigenvalue weighted by Crippen LogP contribution is -1.96. The molecule has 25 heavy (non-hydrogen) atoms. The van der Waals surface area contributed by atoms with E-state index in [9.17, 15) is 0 Å². The van der Waals surface area contributed by atoms with Gasteiger partial charge in [-0.05, 0) is 83.7 Å². The smallest absolute Gasteiger partial charge is 0.175 e. The molecule has 0 N–H and O–H groups in total. The van der Waals surface area contributed by atoms with Gasteiger partial charge in [-0.3, -0.25) is 0 Å². The molecule has 5 heteroatoms. The van der Waals surface area contributed by atoms with Crippen molar-refractivity contribution in [3.05, 3.63) is 50.4 Å². The Morgan fingerprint density at radius 3 is 2.60 bits per heavy atom. The number of fused-ring (bicyclic) bond motifs is 1. The number of ether oxygens (including phenoxy) is 2. The first-order chi connectivity index (χ1) is 12.0. The molecule has 0 aliphatic rings. The second-order valence-corrected chi connectivity index (χ2v) is 7.67. The number of methoxy groups -OCH3 is 1. The molecule has 0 atom stereocenters. The molecule has 2 aromatic carbocycles. The van der Waals surface area contributed by atoms with Crippen LogP contribution in [0.15, 0.2) is 28.7 Å². The van der Waals surface area contributed by atoms with Crippen molar-refractivity contribution in [3.8, 4) is 11.5 Å². The lowest BCUT2D eigenvalue weighted by Gasteiger charge is -2.12. The number of halogens is 1. The minimum Gasteiger partial charge on any atom is -0.493 e. The molecule has 3 rings (SSSR count). The molecule has 3 aromatic rings. The molecule has 0 unspecified atom stereocenters. The molecule has 0 amide bonds. The van der Waals surface area contributed by atoms with Crippen LogP contribution in [0.1, 0.15) is 28.6 Å². The maximum Gasteiger partial charge on any atom is 0.175 e. The van der Waals surface area contributed by atoms with Gasteiger partial charge in [0.2, 0.25) is 0 Å². The number of thiazole rings is 1. The first-order valence-electron chi connectivity index (χ1n) is 8.08. The van der Waals surface area contributed by atoms with Crippen LogP contribution in [0.2, 0.25) is 0 Å². The minimum absolute atomic E-state index is 0.592. The number of aromatic nitrogens is 1. The van der Waals surface area contributed by atoms with Crippen molar-refractivity contribution < 1.29 is 9.47 Å². The highest BCUT2D eigenvalue weighted by molar-refractivity contribution is 9.10. The zero-order valence-electron chi connectivity index (χ0n) is 14.7. The van der Waals surface area contributed by atoms with Gasteiger partial charge in [-0.1, -0.05) is 6.08 Å². The van der Waals surface area contributed by atoms with Gasteiger partial charge in [0.1, 0.15) is 5.01 Å². The van der Waals surface area contributed by atoms with Crippen LogP contribution in [0.25, 0.3) is 22.4 Å². The van der Waals surface area contributed by atoms with Gasteiger partial charge in [-0.2, -0.15) is 0 Å². The van der Waals surface area contributed by atoms with Crippen molar-refractivity contribution in [2.75, 3.05) is 13.7 Å². The Bertz CT molecular complexity index is 908. The van der Waals surface area contributed by atoms with E-state index in [1.165, 1.54) is 15.8 Å². The van der Waals surface area contributed by atoms with Crippen LogP contribution in [-0.4, -0.2) is 18.7 Å². The highest BCUT2D eigenvalue weighted by Gasteiger charge is 2.10. The van der Waals surface area contributed by atoms with E-state index >= 15 is 0 Å². The summed E-state index contributed by atoms with van der Waals surface area (Å²) in [7, 11) is 1.65. The Morgan fingerprint density at radius 1 is 1.12 bits per heavy atom. The summed E-state index contributed by atoms with van der Waals surface area (Å²) in [4.78, 5) is 4.71. The summed E-state index contributed by atoms with van der Waals surface area (Å²) in [6.07, 6.45) is 4.08. The van der Waals surface area contributed by atoms with E-state index in [4.69, 9.17) is 14.5 Å². The highest BCUT2D eigenvalue weighted by Crippen LogP contribution is 2.37. The third-order valence-corrected chi connectivity index (χ3v) is 5.55. The predicted octanol–water partition coefficient (Wildman–Crippen LogP) is 6.25. The first-order valence-corrected chi connectivity index (χ1v) is 9.69. The van der Waals surface area contributed by atoms with Gasteiger partial charge < -0.3 is 9.47 Å². The predicted molar refractivity (Wildman–Crippen MR) is 110 cm³/mol. The summed E-state index contributed by atoms with van der Waals surface area (Å²) in [5.74, 6) is 1.44. The third kappa shape index (κ3) is 3.88. The van der Waals surface area contributed by atoms with Crippen molar-refractivity contribution in [1.82, 2.24) is 4.98 Å². The van der Waals surface area contributed by atoms with Crippen LogP contribution in [-0.2, 0) is 0 Å². The molecular formula is C20H20BrNO2S. The van der Waals surface area contributed by atoms with Gasteiger partial charge in [-0.25, -0.2) is 4.98 Å². The zero-order chi connectivity index (χ0) is 18.0. The number of nitrogens with zero attached hydrogens (tertiary/aromatic N) is 1. The van der Waals surface area contributed by atoms with Crippen molar-refractivity contribution >= 4 is 49.6 Å². The highest BCUT2D eigenvalue weighted by atomic mass is 79.9.